The number of esters is 4. The van der Waals surface area contributed by atoms with E-state index in [4.69, 9.17) is 37.0 Å². The molecule has 0 aromatic carbocycles. The summed E-state index contributed by atoms with van der Waals surface area (Å²) in [6.07, 6.45) is 64.9. The van der Waals surface area contributed by atoms with Crippen molar-refractivity contribution < 1.29 is 80.2 Å². The van der Waals surface area contributed by atoms with Gasteiger partial charge in [-0.2, -0.15) is 0 Å². The minimum atomic E-state index is -4.96. The van der Waals surface area contributed by atoms with Crippen LogP contribution in [0, 0.1) is 5.92 Å². The molecule has 0 aromatic rings. The van der Waals surface area contributed by atoms with E-state index in [0.29, 0.717) is 25.7 Å². The molecule has 0 aliphatic carbocycles. The fourth-order valence-electron chi connectivity index (χ4n) is 12.6. The first-order valence-electron chi connectivity index (χ1n) is 42.2. The van der Waals surface area contributed by atoms with Crippen molar-refractivity contribution >= 4 is 39.5 Å². The Bertz CT molecular complexity index is 1910. The monoisotopic (exact) mass is 1470 g/mol. The highest BCUT2D eigenvalue weighted by Gasteiger charge is 2.30. The maximum Gasteiger partial charge on any atom is 0.472 e. The molecule has 594 valence electrons. The van der Waals surface area contributed by atoms with Gasteiger partial charge in [0.25, 0.3) is 0 Å². The van der Waals surface area contributed by atoms with Crippen molar-refractivity contribution in [3.8, 4) is 0 Å². The zero-order valence-electron chi connectivity index (χ0n) is 65.3. The molecule has 0 amide bonds. The van der Waals surface area contributed by atoms with Crippen LogP contribution in [0.5, 0.6) is 0 Å². The Hall–Kier alpha value is -1.94. The molecule has 6 atom stereocenters. The number of carbonyl (C=O) groups is 4. The van der Waals surface area contributed by atoms with Gasteiger partial charge in [0.1, 0.15) is 19.3 Å². The molecule has 3 unspecified atom stereocenters. The number of rotatable bonds is 81. The summed E-state index contributed by atoms with van der Waals surface area (Å²) in [5.74, 6) is -1.26. The maximum atomic E-state index is 13.1. The lowest BCUT2D eigenvalue weighted by molar-refractivity contribution is -0.161. The van der Waals surface area contributed by atoms with E-state index in [1.807, 2.05) is 0 Å². The lowest BCUT2D eigenvalue weighted by Crippen LogP contribution is -2.30. The van der Waals surface area contributed by atoms with Crippen molar-refractivity contribution in [3.63, 3.8) is 0 Å². The minimum absolute atomic E-state index is 0.109. The molecule has 0 radical (unpaired) electrons. The molecule has 0 aliphatic heterocycles. The minimum Gasteiger partial charge on any atom is -0.462 e. The van der Waals surface area contributed by atoms with Gasteiger partial charge in [0.05, 0.1) is 26.4 Å². The summed E-state index contributed by atoms with van der Waals surface area (Å²) >= 11 is 0. The van der Waals surface area contributed by atoms with Crippen LogP contribution in [0.15, 0.2) is 0 Å². The average molecular weight is 1470 g/mol. The first-order chi connectivity index (χ1) is 48.6. The Kier molecular flexibility index (Phi) is 72.5. The van der Waals surface area contributed by atoms with Crippen molar-refractivity contribution in [2.75, 3.05) is 39.6 Å². The van der Waals surface area contributed by atoms with E-state index in [9.17, 15) is 43.2 Å². The largest absolute Gasteiger partial charge is 0.472 e. The normalized spacial score (nSPS) is 14.1. The number of hydrogen-bond acceptors (Lipinski definition) is 15. The van der Waals surface area contributed by atoms with Gasteiger partial charge >= 0.3 is 39.5 Å². The van der Waals surface area contributed by atoms with Crippen LogP contribution in [0.1, 0.15) is 433 Å². The number of carbonyl (C=O) groups excluding carboxylic acids is 4. The molecule has 17 nitrogen and oxygen atoms in total. The Balaban J connectivity index is 5.26. The van der Waals surface area contributed by atoms with Crippen molar-refractivity contribution in [1.29, 1.82) is 0 Å². The number of phosphoric ester groups is 2. The smallest absolute Gasteiger partial charge is 0.462 e. The van der Waals surface area contributed by atoms with Gasteiger partial charge in [-0.25, -0.2) is 9.13 Å². The van der Waals surface area contributed by atoms with Crippen LogP contribution in [-0.2, 0) is 65.4 Å². The maximum absolute atomic E-state index is 13.1. The van der Waals surface area contributed by atoms with Crippen LogP contribution in [0.25, 0.3) is 0 Å². The zero-order chi connectivity index (χ0) is 73.4. The molecule has 0 fully saturated rings. The highest BCUT2D eigenvalue weighted by molar-refractivity contribution is 7.47. The molecule has 0 heterocycles. The summed E-state index contributed by atoms with van der Waals surface area (Å²) in [6, 6.07) is 0. The van der Waals surface area contributed by atoms with Gasteiger partial charge in [0, 0.05) is 25.7 Å². The third-order valence-electron chi connectivity index (χ3n) is 19.4. The van der Waals surface area contributed by atoms with Crippen LogP contribution in [0.4, 0.5) is 0 Å². The lowest BCUT2D eigenvalue weighted by atomic mass is 9.99. The average Bonchev–Trinajstić information content (AvgIpc) is 0.947. The number of ether oxygens (including phenoxy) is 4. The van der Waals surface area contributed by atoms with E-state index in [-0.39, 0.29) is 25.7 Å². The first kappa shape index (κ1) is 98.1. The van der Waals surface area contributed by atoms with Gasteiger partial charge in [-0.1, -0.05) is 381 Å². The topological polar surface area (TPSA) is 237 Å². The van der Waals surface area contributed by atoms with Crippen LogP contribution in [0.2, 0.25) is 0 Å². The predicted octanol–water partition coefficient (Wildman–Crippen LogP) is 24.4. The molecular formula is C81H158O17P2. The highest BCUT2D eigenvalue weighted by Crippen LogP contribution is 2.45. The van der Waals surface area contributed by atoms with Crippen LogP contribution < -0.4 is 0 Å². The second-order valence-corrected chi connectivity index (χ2v) is 32.3. The van der Waals surface area contributed by atoms with E-state index in [0.717, 1.165) is 95.8 Å². The molecule has 0 bridgehead atoms. The SMILES string of the molecule is CCCCCCCCCCCCCCCCCCC(=O)OC[C@H](COP(=O)(O)OC[C@@H](O)COP(=O)(O)OC[C@@H](COC(=O)CCCCCCCCCCCCCC)OC(=O)CCCCCCCCCCCCCCCC)OC(=O)CCCCCCCCCCCCCCCCC(C)CC. The predicted molar refractivity (Wildman–Crippen MR) is 409 cm³/mol. The third-order valence-corrected chi connectivity index (χ3v) is 21.3. The molecule has 0 aliphatic rings. The number of unbranched alkanes of at least 4 members (excludes halogenated alkanes) is 52. The van der Waals surface area contributed by atoms with Crippen molar-refractivity contribution in [1.82, 2.24) is 0 Å². The number of aliphatic hydroxyl groups is 1. The Labute approximate surface area is 613 Å². The van der Waals surface area contributed by atoms with Gasteiger partial charge < -0.3 is 33.8 Å². The summed E-state index contributed by atoms with van der Waals surface area (Å²) in [6.45, 7) is 7.40. The van der Waals surface area contributed by atoms with Crippen LogP contribution in [0.3, 0.4) is 0 Å². The fraction of sp³-hybridized carbons (Fsp3) is 0.951. The Morgan fingerprint density at radius 2 is 0.480 bits per heavy atom. The van der Waals surface area contributed by atoms with Crippen molar-refractivity contribution in [2.24, 2.45) is 5.92 Å². The summed E-state index contributed by atoms with van der Waals surface area (Å²) in [4.78, 5) is 73.1. The van der Waals surface area contributed by atoms with Crippen molar-refractivity contribution in [2.45, 2.75) is 451 Å². The van der Waals surface area contributed by atoms with E-state index < -0.39 is 97.5 Å². The molecule has 0 saturated carbocycles. The van der Waals surface area contributed by atoms with E-state index in [1.165, 1.54) is 257 Å². The van der Waals surface area contributed by atoms with E-state index in [2.05, 4.69) is 34.6 Å². The van der Waals surface area contributed by atoms with Gasteiger partial charge in [-0.3, -0.25) is 37.3 Å². The molecule has 3 N–H and O–H groups in total. The molecule has 0 saturated heterocycles. The lowest BCUT2D eigenvalue weighted by Gasteiger charge is -2.21. The zero-order valence-corrected chi connectivity index (χ0v) is 67.1. The molecular weight excluding hydrogens is 1310 g/mol. The van der Waals surface area contributed by atoms with Crippen LogP contribution in [-0.4, -0.2) is 96.7 Å². The Morgan fingerprint density at radius 3 is 0.710 bits per heavy atom. The number of aliphatic hydroxyl groups excluding tert-OH is 1. The second kappa shape index (κ2) is 73.9. The summed E-state index contributed by atoms with van der Waals surface area (Å²) in [7, 11) is -9.92. The second-order valence-electron chi connectivity index (χ2n) is 29.4. The fourth-order valence-corrected chi connectivity index (χ4v) is 14.1. The van der Waals surface area contributed by atoms with Crippen molar-refractivity contribution in [3.05, 3.63) is 0 Å². The van der Waals surface area contributed by atoms with E-state index in [1.54, 1.807) is 0 Å². The standard InChI is InChI=1S/C81H158O17P2/c1-6-10-13-16-19-22-25-28-30-31-36-40-45-50-55-60-65-79(84)92-71-77(98-81(86)67-62-57-52-47-42-37-33-32-34-38-43-48-53-58-63-74(5)9-4)73-96-100(89,90)94-69-75(82)68-93-99(87,88)95-72-76(70-91-78(83)64-59-54-49-44-39-27-24-21-18-15-12-8-3)97-80(85)66-61-56-51-46-41-35-29-26-23-20-17-14-11-7-2/h74-77,82H,6-73H2,1-5H3,(H,87,88)(H,89,90)/t74?,75-,76+,77+/m0/s1. The van der Waals surface area contributed by atoms with Gasteiger partial charge in [0.2, 0.25) is 0 Å². The Morgan fingerprint density at radius 1 is 0.280 bits per heavy atom. The molecule has 0 rings (SSSR count). The van der Waals surface area contributed by atoms with Gasteiger partial charge in [-0.05, 0) is 31.6 Å². The van der Waals surface area contributed by atoms with Gasteiger partial charge in [0.15, 0.2) is 12.2 Å². The summed E-state index contributed by atoms with van der Waals surface area (Å²) in [5, 5.41) is 10.6. The molecule has 100 heavy (non-hydrogen) atoms. The molecule has 0 spiro atoms. The van der Waals surface area contributed by atoms with E-state index >= 15 is 0 Å². The first-order valence-corrected chi connectivity index (χ1v) is 45.2. The molecule has 19 heteroatoms. The molecule has 0 aromatic heterocycles. The third kappa shape index (κ3) is 73.0. The van der Waals surface area contributed by atoms with Gasteiger partial charge in [-0.15, -0.1) is 0 Å². The summed E-state index contributed by atoms with van der Waals surface area (Å²) in [5.41, 5.74) is 0. The number of phosphoric acid groups is 2. The quantitative estimate of drug-likeness (QED) is 0.0222. The number of hydrogen-bond donors (Lipinski definition) is 3. The highest BCUT2D eigenvalue weighted by atomic mass is 31.2. The summed E-state index contributed by atoms with van der Waals surface area (Å²) < 4.78 is 68.8. The van der Waals surface area contributed by atoms with Crippen LogP contribution >= 0.6 is 15.6 Å².